The molecular weight excluding hydrogens is 635 g/mol. The maximum absolute atomic E-state index is 13.7. The zero-order valence-electron chi connectivity index (χ0n) is 27.4. The predicted octanol–water partition coefficient (Wildman–Crippen LogP) is 6.72. The van der Waals surface area contributed by atoms with Crippen molar-refractivity contribution < 1.29 is 37.0 Å². The predicted molar refractivity (Wildman–Crippen MR) is 179 cm³/mol. The average Bonchev–Trinajstić information content (AvgIpc) is 3.11. The van der Waals surface area contributed by atoms with E-state index >= 15 is 0 Å². The Morgan fingerprint density at radius 2 is 1.33 bits per heavy atom. The molecule has 0 spiro atoms. The van der Waals surface area contributed by atoms with Crippen LogP contribution in [0.2, 0.25) is 0 Å². The topological polar surface area (TPSA) is 97.0 Å². The minimum Gasteiger partial charge on any atom is -0.489 e. The fraction of sp³-hybridized carbons (Fsp3) is 0.289. The lowest BCUT2D eigenvalue weighted by Gasteiger charge is -2.29. The van der Waals surface area contributed by atoms with E-state index in [9.17, 15) is 27.6 Å². The lowest BCUT2D eigenvalue weighted by molar-refractivity contribution is -0.139. The number of rotatable bonds is 15. The van der Waals surface area contributed by atoms with Crippen molar-refractivity contribution in [2.75, 3.05) is 13.6 Å². The van der Waals surface area contributed by atoms with Gasteiger partial charge in [-0.1, -0.05) is 84.9 Å². The normalized spacial score (nSPS) is 12.3. The second-order valence-electron chi connectivity index (χ2n) is 11.6. The van der Waals surface area contributed by atoms with Gasteiger partial charge in [0.05, 0.1) is 5.56 Å². The Bertz CT molecular complexity index is 1630. The standard InChI is InChI=1S/C38H40F3N3O5/c1-27(35(45)42-23-9-14-28-15-19-32(20-16-28)38(39,40)41)44(2)36(46)34(43-37(47)49-26-31-12-7-4-8-13-31)24-29-17-21-33(22-18-29)48-25-30-10-5-3-6-11-30/h3-8,10-13,15-22,27,34H,9,14,23-26H2,1-2H3,(H,42,45)(H,43,47)/t27-,34+/m1/s1. The summed E-state index contributed by atoms with van der Waals surface area (Å²) < 4.78 is 49.7. The first kappa shape index (κ1) is 36.5. The molecule has 2 N–H and O–H groups in total. The quantitative estimate of drug-likeness (QED) is 0.137. The molecule has 8 nitrogen and oxygen atoms in total. The zero-order valence-corrected chi connectivity index (χ0v) is 27.4. The summed E-state index contributed by atoms with van der Waals surface area (Å²) in [7, 11) is 1.49. The number of alkyl halides is 3. The molecule has 4 aromatic carbocycles. The largest absolute Gasteiger partial charge is 0.489 e. The second kappa shape index (κ2) is 17.7. The Balaban J connectivity index is 1.34. The van der Waals surface area contributed by atoms with E-state index in [1.165, 1.54) is 24.1 Å². The number of hydrogen-bond donors (Lipinski definition) is 2. The molecule has 0 saturated heterocycles. The number of amides is 3. The molecule has 4 rings (SSSR count). The minimum atomic E-state index is -4.40. The van der Waals surface area contributed by atoms with E-state index in [4.69, 9.17) is 9.47 Å². The molecule has 0 heterocycles. The number of benzene rings is 4. The van der Waals surface area contributed by atoms with Gasteiger partial charge in [-0.2, -0.15) is 13.2 Å². The average molecular weight is 676 g/mol. The van der Waals surface area contributed by atoms with Crippen LogP contribution in [-0.2, 0) is 46.6 Å². The highest BCUT2D eigenvalue weighted by atomic mass is 19.4. The monoisotopic (exact) mass is 675 g/mol. The minimum absolute atomic E-state index is 0.0160. The number of carbonyl (C=O) groups is 3. The van der Waals surface area contributed by atoms with Crippen LogP contribution in [0, 0.1) is 0 Å². The fourth-order valence-corrected chi connectivity index (χ4v) is 4.93. The van der Waals surface area contributed by atoms with Crippen molar-refractivity contribution in [2.45, 2.75) is 57.7 Å². The molecule has 49 heavy (non-hydrogen) atoms. The summed E-state index contributed by atoms with van der Waals surface area (Å²) in [6.07, 6.45) is -4.09. The van der Waals surface area contributed by atoms with Gasteiger partial charge in [0, 0.05) is 20.0 Å². The molecule has 3 amide bonds. The van der Waals surface area contributed by atoms with E-state index in [0.717, 1.165) is 28.8 Å². The third-order valence-corrected chi connectivity index (χ3v) is 7.95. The van der Waals surface area contributed by atoms with Crippen molar-refractivity contribution in [3.63, 3.8) is 0 Å². The fourth-order valence-electron chi connectivity index (χ4n) is 4.93. The van der Waals surface area contributed by atoms with Crippen LogP contribution in [-0.4, -0.2) is 48.5 Å². The van der Waals surface area contributed by atoms with Gasteiger partial charge in [0.2, 0.25) is 11.8 Å². The van der Waals surface area contributed by atoms with Crippen LogP contribution < -0.4 is 15.4 Å². The Kier molecular flexibility index (Phi) is 13.2. The van der Waals surface area contributed by atoms with Crippen LogP contribution in [0.1, 0.15) is 41.2 Å². The van der Waals surface area contributed by atoms with E-state index in [1.54, 1.807) is 19.1 Å². The van der Waals surface area contributed by atoms with E-state index in [0.29, 0.717) is 30.8 Å². The van der Waals surface area contributed by atoms with Crippen LogP contribution in [0.15, 0.2) is 109 Å². The number of likely N-dealkylation sites (N-methyl/N-ethyl adjacent to an activating group) is 1. The van der Waals surface area contributed by atoms with Crippen molar-refractivity contribution in [2.24, 2.45) is 0 Å². The summed E-state index contributed by atoms with van der Waals surface area (Å²) in [5, 5.41) is 5.45. The van der Waals surface area contributed by atoms with Crippen molar-refractivity contribution in [1.29, 1.82) is 0 Å². The Morgan fingerprint density at radius 1 is 0.755 bits per heavy atom. The van der Waals surface area contributed by atoms with Gasteiger partial charge in [-0.3, -0.25) is 9.59 Å². The third-order valence-electron chi connectivity index (χ3n) is 7.95. The zero-order chi connectivity index (χ0) is 35.2. The van der Waals surface area contributed by atoms with Gasteiger partial charge < -0.3 is 25.0 Å². The highest BCUT2D eigenvalue weighted by Crippen LogP contribution is 2.29. The van der Waals surface area contributed by atoms with Crippen molar-refractivity contribution in [1.82, 2.24) is 15.5 Å². The summed E-state index contributed by atoms with van der Waals surface area (Å²) >= 11 is 0. The molecule has 0 aliphatic heterocycles. The van der Waals surface area contributed by atoms with Crippen LogP contribution in [0.3, 0.4) is 0 Å². The van der Waals surface area contributed by atoms with Crippen LogP contribution in [0.25, 0.3) is 0 Å². The van der Waals surface area contributed by atoms with Crippen molar-refractivity contribution in [3.8, 4) is 5.75 Å². The first-order valence-corrected chi connectivity index (χ1v) is 15.9. The van der Waals surface area contributed by atoms with Crippen LogP contribution in [0.4, 0.5) is 18.0 Å². The number of ether oxygens (including phenoxy) is 2. The molecule has 0 aromatic heterocycles. The maximum atomic E-state index is 13.7. The smallest absolute Gasteiger partial charge is 0.416 e. The first-order valence-electron chi connectivity index (χ1n) is 15.9. The van der Waals surface area contributed by atoms with Gasteiger partial charge in [0.15, 0.2) is 0 Å². The molecule has 0 radical (unpaired) electrons. The Morgan fingerprint density at radius 3 is 1.92 bits per heavy atom. The molecule has 0 aliphatic carbocycles. The van der Waals surface area contributed by atoms with Crippen LogP contribution >= 0.6 is 0 Å². The number of carbonyl (C=O) groups excluding carboxylic acids is 3. The molecular formula is C38H40F3N3O5. The summed E-state index contributed by atoms with van der Waals surface area (Å²) in [5.41, 5.74) is 2.56. The number of alkyl carbamates (subject to hydrolysis) is 1. The van der Waals surface area contributed by atoms with Gasteiger partial charge in [-0.15, -0.1) is 0 Å². The second-order valence-corrected chi connectivity index (χ2v) is 11.6. The Hall–Kier alpha value is -5.32. The number of nitrogens with one attached hydrogen (secondary N) is 2. The van der Waals surface area contributed by atoms with E-state index in [2.05, 4.69) is 10.6 Å². The third kappa shape index (κ3) is 11.7. The highest BCUT2D eigenvalue weighted by Gasteiger charge is 2.31. The molecule has 0 aliphatic rings. The van der Waals surface area contributed by atoms with E-state index in [-0.39, 0.29) is 19.6 Å². The molecule has 0 bridgehead atoms. The van der Waals surface area contributed by atoms with Crippen molar-refractivity contribution >= 4 is 17.9 Å². The van der Waals surface area contributed by atoms with Gasteiger partial charge in [0.25, 0.3) is 0 Å². The number of halogens is 3. The SMILES string of the molecule is C[C@H](C(=O)NCCCc1ccc(C(F)(F)F)cc1)N(C)C(=O)[C@H](Cc1ccc(OCc2ccccc2)cc1)NC(=O)OCc1ccccc1. The molecule has 0 fully saturated rings. The van der Waals surface area contributed by atoms with Crippen LogP contribution in [0.5, 0.6) is 5.75 Å². The summed E-state index contributed by atoms with van der Waals surface area (Å²) in [5.74, 6) is -0.256. The van der Waals surface area contributed by atoms with Gasteiger partial charge in [-0.25, -0.2) is 4.79 Å². The number of hydrogen-bond acceptors (Lipinski definition) is 5. The maximum Gasteiger partial charge on any atom is 0.416 e. The van der Waals surface area contributed by atoms with Gasteiger partial charge in [-0.05, 0) is 66.3 Å². The lowest BCUT2D eigenvalue weighted by Crippen LogP contribution is -2.54. The summed E-state index contributed by atoms with van der Waals surface area (Å²) in [6, 6.07) is 29.1. The molecule has 11 heteroatoms. The number of nitrogens with zero attached hydrogens (tertiary/aromatic N) is 1. The molecule has 4 aromatic rings. The molecule has 0 saturated carbocycles. The van der Waals surface area contributed by atoms with Gasteiger partial charge in [0.1, 0.15) is 31.0 Å². The first-order chi connectivity index (χ1) is 23.5. The van der Waals surface area contributed by atoms with E-state index < -0.39 is 41.7 Å². The molecule has 2 atom stereocenters. The van der Waals surface area contributed by atoms with Crippen molar-refractivity contribution in [3.05, 3.63) is 137 Å². The summed E-state index contributed by atoms with van der Waals surface area (Å²) in [6.45, 7) is 2.25. The summed E-state index contributed by atoms with van der Waals surface area (Å²) in [4.78, 5) is 40.8. The molecule has 258 valence electrons. The Labute approximate surface area is 284 Å². The lowest BCUT2D eigenvalue weighted by atomic mass is 10.0. The van der Waals surface area contributed by atoms with E-state index in [1.807, 2.05) is 72.8 Å². The van der Waals surface area contributed by atoms with Gasteiger partial charge >= 0.3 is 12.3 Å². The highest BCUT2D eigenvalue weighted by molar-refractivity contribution is 5.91. The number of aryl methyl sites for hydroxylation is 1. The molecule has 0 unspecified atom stereocenters.